The highest BCUT2D eigenvalue weighted by Crippen LogP contribution is 2.14. The number of carbonyl (C=O) groups is 2. The molecule has 8 heteroatoms. The van der Waals surface area contributed by atoms with Crippen LogP contribution in [0.5, 0.6) is 0 Å². The number of fused-ring (bicyclic) bond motifs is 2. The SMILES string of the molecule is CN1CCn2cc(C(=O)NCCc3nc4ccccc4n3C)nc2C1=O. The van der Waals surface area contributed by atoms with Crippen LogP contribution in [0.4, 0.5) is 0 Å². The number of para-hydroxylation sites is 2. The molecule has 4 rings (SSSR count). The lowest BCUT2D eigenvalue weighted by Crippen LogP contribution is -2.37. The predicted molar refractivity (Wildman–Crippen MR) is 95.9 cm³/mol. The Kier molecular flexibility index (Phi) is 3.95. The molecule has 0 fully saturated rings. The van der Waals surface area contributed by atoms with Crippen molar-refractivity contribution < 1.29 is 9.59 Å². The number of nitrogens with zero attached hydrogens (tertiary/aromatic N) is 5. The van der Waals surface area contributed by atoms with Crippen LogP contribution in [0, 0.1) is 0 Å². The molecule has 0 saturated heterocycles. The number of aromatic nitrogens is 4. The normalized spacial score (nSPS) is 13.9. The third-order valence-electron chi connectivity index (χ3n) is 4.74. The van der Waals surface area contributed by atoms with Gasteiger partial charge in [-0.1, -0.05) is 12.1 Å². The highest BCUT2D eigenvalue weighted by Gasteiger charge is 2.25. The molecular weight excluding hydrogens is 332 g/mol. The Labute approximate surface area is 150 Å². The van der Waals surface area contributed by atoms with Gasteiger partial charge < -0.3 is 19.4 Å². The predicted octanol–water partition coefficient (Wildman–Crippen LogP) is 0.828. The lowest BCUT2D eigenvalue weighted by molar-refractivity contribution is 0.0741. The number of hydrogen-bond acceptors (Lipinski definition) is 4. The van der Waals surface area contributed by atoms with Crippen molar-refractivity contribution in [2.75, 3.05) is 20.1 Å². The molecule has 1 aliphatic rings. The van der Waals surface area contributed by atoms with Crippen molar-refractivity contribution >= 4 is 22.8 Å². The Bertz CT molecular complexity index is 1000. The van der Waals surface area contributed by atoms with E-state index < -0.39 is 0 Å². The molecule has 1 aromatic carbocycles. The number of nitrogens with one attached hydrogen (secondary N) is 1. The smallest absolute Gasteiger partial charge is 0.289 e. The lowest BCUT2D eigenvalue weighted by Gasteiger charge is -2.22. The zero-order valence-electron chi connectivity index (χ0n) is 14.8. The van der Waals surface area contributed by atoms with Crippen LogP contribution in [-0.4, -0.2) is 56.0 Å². The summed E-state index contributed by atoms with van der Waals surface area (Å²) in [4.78, 5) is 34.8. The number of amides is 2. The topological polar surface area (TPSA) is 85.1 Å². The Morgan fingerprint density at radius 3 is 2.81 bits per heavy atom. The third kappa shape index (κ3) is 2.73. The van der Waals surface area contributed by atoms with Crippen LogP contribution < -0.4 is 5.32 Å². The maximum absolute atomic E-state index is 12.4. The quantitative estimate of drug-likeness (QED) is 0.754. The maximum Gasteiger partial charge on any atom is 0.289 e. The highest BCUT2D eigenvalue weighted by atomic mass is 16.2. The van der Waals surface area contributed by atoms with E-state index in [4.69, 9.17) is 0 Å². The second-order valence-electron chi connectivity index (χ2n) is 6.45. The van der Waals surface area contributed by atoms with Crippen LogP contribution >= 0.6 is 0 Å². The summed E-state index contributed by atoms with van der Waals surface area (Å²) in [6.07, 6.45) is 2.26. The standard InChI is InChI=1S/C18H20N6O2/c1-22-9-10-24-11-13(21-16(24)18(22)26)17(25)19-8-7-15-20-12-5-3-4-6-14(12)23(15)2/h3-6,11H,7-10H2,1-2H3,(H,19,25). The number of carbonyl (C=O) groups excluding carboxylic acids is 2. The van der Waals surface area contributed by atoms with Crippen molar-refractivity contribution in [3.63, 3.8) is 0 Å². The first-order chi connectivity index (χ1) is 12.5. The molecule has 0 spiro atoms. The maximum atomic E-state index is 12.4. The second kappa shape index (κ2) is 6.29. The molecule has 3 aromatic rings. The number of likely N-dealkylation sites (N-methyl/N-ethyl adjacent to an activating group) is 1. The summed E-state index contributed by atoms with van der Waals surface area (Å²) in [5, 5.41) is 2.86. The molecule has 26 heavy (non-hydrogen) atoms. The summed E-state index contributed by atoms with van der Waals surface area (Å²) < 4.78 is 3.77. The minimum absolute atomic E-state index is 0.157. The van der Waals surface area contributed by atoms with Crippen molar-refractivity contribution in [1.29, 1.82) is 0 Å². The van der Waals surface area contributed by atoms with Crippen molar-refractivity contribution in [3.05, 3.63) is 47.8 Å². The molecule has 0 radical (unpaired) electrons. The number of imidazole rings is 2. The molecule has 0 bridgehead atoms. The first kappa shape index (κ1) is 16.3. The summed E-state index contributed by atoms with van der Waals surface area (Å²) in [6, 6.07) is 7.93. The Balaban J connectivity index is 1.42. The first-order valence-electron chi connectivity index (χ1n) is 8.56. The zero-order chi connectivity index (χ0) is 18.3. The molecule has 8 nitrogen and oxygen atoms in total. The van der Waals surface area contributed by atoms with Gasteiger partial charge in [0.1, 0.15) is 11.5 Å². The van der Waals surface area contributed by atoms with E-state index in [0.29, 0.717) is 31.9 Å². The number of hydrogen-bond donors (Lipinski definition) is 1. The molecule has 0 atom stereocenters. The van der Waals surface area contributed by atoms with E-state index in [9.17, 15) is 9.59 Å². The first-order valence-corrected chi connectivity index (χ1v) is 8.56. The average molecular weight is 352 g/mol. The van der Waals surface area contributed by atoms with E-state index in [1.807, 2.05) is 35.9 Å². The fourth-order valence-electron chi connectivity index (χ4n) is 3.19. The van der Waals surface area contributed by atoms with Crippen LogP contribution in [0.3, 0.4) is 0 Å². The Morgan fingerprint density at radius 1 is 1.19 bits per heavy atom. The van der Waals surface area contributed by atoms with Crippen molar-refractivity contribution in [2.45, 2.75) is 13.0 Å². The van der Waals surface area contributed by atoms with E-state index in [2.05, 4.69) is 15.3 Å². The summed E-state index contributed by atoms with van der Waals surface area (Å²) >= 11 is 0. The van der Waals surface area contributed by atoms with Crippen LogP contribution in [0.1, 0.15) is 26.9 Å². The lowest BCUT2D eigenvalue weighted by atomic mass is 10.3. The van der Waals surface area contributed by atoms with E-state index >= 15 is 0 Å². The monoisotopic (exact) mass is 352 g/mol. The van der Waals surface area contributed by atoms with Gasteiger partial charge in [-0.15, -0.1) is 0 Å². The van der Waals surface area contributed by atoms with Gasteiger partial charge in [-0.2, -0.15) is 0 Å². The molecule has 1 N–H and O–H groups in total. The molecule has 0 unspecified atom stereocenters. The zero-order valence-corrected chi connectivity index (χ0v) is 14.8. The van der Waals surface area contributed by atoms with E-state index in [0.717, 1.165) is 16.9 Å². The molecule has 134 valence electrons. The molecule has 1 aliphatic heterocycles. The van der Waals surface area contributed by atoms with E-state index in [1.54, 1.807) is 22.7 Å². The summed E-state index contributed by atoms with van der Waals surface area (Å²) in [6.45, 7) is 1.72. The molecule has 0 aliphatic carbocycles. The summed E-state index contributed by atoms with van der Waals surface area (Å²) in [5.41, 5.74) is 2.28. The summed E-state index contributed by atoms with van der Waals surface area (Å²) in [5.74, 6) is 0.794. The molecule has 3 heterocycles. The largest absolute Gasteiger partial charge is 0.350 e. The minimum Gasteiger partial charge on any atom is -0.350 e. The van der Waals surface area contributed by atoms with Gasteiger partial charge in [0.15, 0.2) is 5.82 Å². The Hall–Kier alpha value is -3.16. The average Bonchev–Trinajstić information content (AvgIpc) is 3.21. The van der Waals surface area contributed by atoms with Gasteiger partial charge in [0.2, 0.25) is 0 Å². The van der Waals surface area contributed by atoms with Crippen molar-refractivity contribution in [3.8, 4) is 0 Å². The van der Waals surface area contributed by atoms with Gasteiger partial charge in [0.25, 0.3) is 11.8 Å². The summed E-state index contributed by atoms with van der Waals surface area (Å²) in [7, 11) is 3.70. The van der Waals surface area contributed by atoms with Crippen LogP contribution in [0.15, 0.2) is 30.5 Å². The van der Waals surface area contributed by atoms with Crippen LogP contribution in [-0.2, 0) is 20.0 Å². The number of aryl methyl sites for hydroxylation is 1. The molecule has 2 amide bonds. The van der Waals surface area contributed by atoms with Gasteiger partial charge in [-0.25, -0.2) is 9.97 Å². The minimum atomic E-state index is -0.277. The van der Waals surface area contributed by atoms with Crippen LogP contribution in [0.2, 0.25) is 0 Å². The van der Waals surface area contributed by atoms with E-state index in [1.165, 1.54) is 0 Å². The van der Waals surface area contributed by atoms with Crippen molar-refractivity contribution in [1.82, 2.24) is 29.3 Å². The highest BCUT2D eigenvalue weighted by molar-refractivity contribution is 5.96. The van der Waals surface area contributed by atoms with E-state index in [-0.39, 0.29) is 17.5 Å². The van der Waals surface area contributed by atoms with Gasteiger partial charge >= 0.3 is 0 Å². The fraction of sp³-hybridized carbons (Fsp3) is 0.333. The molecule has 2 aromatic heterocycles. The van der Waals surface area contributed by atoms with Gasteiger partial charge in [0, 0.05) is 46.3 Å². The number of rotatable bonds is 4. The molecule has 0 saturated carbocycles. The van der Waals surface area contributed by atoms with Crippen molar-refractivity contribution in [2.24, 2.45) is 7.05 Å². The van der Waals surface area contributed by atoms with Gasteiger partial charge in [-0.3, -0.25) is 9.59 Å². The van der Waals surface area contributed by atoms with Crippen LogP contribution in [0.25, 0.3) is 11.0 Å². The van der Waals surface area contributed by atoms with Gasteiger partial charge in [0.05, 0.1) is 11.0 Å². The fourth-order valence-corrected chi connectivity index (χ4v) is 3.19. The third-order valence-corrected chi connectivity index (χ3v) is 4.74. The molecular formula is C18H20N6O2. The number of benzene rings is 1. The van der Waals surface area contributed by atoms with Gasteiger partial charge in [-0.05, 0) is 12.1 Å². The second-order valence-corrected chi connectivity index (χ2v) is 6.45. The Morgan fingerprint density at radius 2 is 2.00 bits per heavy atom.